The van der Waals surface area contributed by atoms with Gasteiger partial charge in [-0.15, -0.1) is 0 Å². The van der Waals surface area contributed by atoms with Gasteiger partial charge in [-0.05, 0) is 12.6 Å². The van der Waals surface area contributed by atoms with E-state index in [4.69, 9.17) is 4.74 Å². The van der Waals surface area contributed by atoms with Crippen molar-refractivity contribution in [1.82, 2.24) is 5.32 Å². The van der Waals surface area contributed by atoms with Crippen LogP contribution in [0.5, 0.6) is 5.75 Å². The van der Waals surface area contributed by atoms with Gasteiger partial charge in [-0.1, -0.05) is 13.8 Å². The van der Waals surface area contributed by atoms with Crippen molar-refractivity contribution in [2.24, 2.45) is 5.92 Å². The molecule has 0 radical (unpaired) electrons. The van der Waals surface area contributed by atoms with Crippen LogP contribution in [0, 0.1) is 21.8 Å². The van der Waals surface area contributed by atoms with Gasteiger partial charge in [0.05, 0.1) is 11.5 Å². The van der Waals surface area contributed by atoms with Gasteiger partial charge in [0.15, 0.2) is 0 Å². The lowest BCUT2D eigenvalue weighted by Crippen LogP contribution is -2.24. The molecule has 0 aliphatic carbocycles. The van der Waals surface area contributed by atoms with Crippen LogP contribution in [0.25, 0.3) is 0 Å². The van der Waals surface area contributed by atoms with Gasteiger partial charge in [0.2, 0.25) is 5.82 Å². The third-order valence-electron chi connectivity index (χ3n) is 2.39. The van der Waals surface area contributed by atoms with Crippen molar-refractivity contribution in [1.29, 1.82) is 0 Å². The van der Waals surface area contributed by atoms with Gasteiger partial charge in [0, 0.05) is 24.6 Å². The molecule has 0 heterocycles. The number of nitrogens with zero attached hydrogens (tertiary/aromatic N) is 1. The van der Waals surface area contributed by atoms with Gasteiger partial charge in [-0.3, -0.25) is 10.1 Å². The van der Waals surface area contributed by atoms with Crippen molar-refractivity contribution in [2.75, 3.05) is 19.7 Å². The molecule has 1 N–H and O–H groups in total. The molecule has 1 atom stereocenters. The molecule has 0 spiro atoms. The summed E-state index contributed by atoms with van der Waals surface area (Å²) in [7, 11) is 0. The number of nitro benzene ring substituents is 1. The van der Waals surface area contributed by atoms with E-state index in [1.54, 1.807) is 0 Å². The van der Waals surface area contributed by atoms with Crippen LogP contribution in [0.2, 0.25) is 0 Å². The number of ether oxygens (including phenoxy) is 1. The second kappa shape index (κ2) is 6.90. The van der Waals surface area contributed by atoms with Crippen molar-refractivity contribution in [3.63, 3.8) is 0 Å². The molecule has 6 heteroatoms. The minimum absolute atomic E-state index is 0.281. The van der Waals surface area contributed by atoms with Crippen molar-refractivity contribution in [3.8, 4) is 5.75 Å². The molecule has 0 saturated heterocycles. The van der Waals surface area contributed by atoms with Crippen molar-refractivity contribution in [3.05, 3.63) is 34.1 Å². The van der Waals surface area contributed by atoms with Crippen molar-refractivity contribution >= 4 is 5.69 Å². The molecule has 0 bridgehead atoms. The highest BCUT2D eigenvalue weighted by atomic mass is 19.1. The lowest BCUT2D eigenvalue weighted by molar-refractivity contribution is -0.387. The third-order valence-corrected chi connectivity index (χ3v) is 2.39. The molecule has 100 valence electrons. The van der Waals surface area contributed by atoms with Gasteiger partial charge in [-0.2, -0.15) is 4.39 Å². The maximum Gasteiger partial charge on any atom is 0.305 e. The topological polar surface area (TPSA) is 64.4 Å². The van der Waals surface area contributed by atoms with Gasteiger partial charge in [0.25, 0.3) is 0 Å². The molecule has 1 unspecified atom stereocenters. The van der Waals surface area contributed by atoms with E-state index in [1.165, 1.54) is 6.07 Å². The van der Waals surface area contributed by atoms with E-state index in [9.17, 15) is 14.5 Å². The van der Waals surface area contributed by atoms with Crippen molar-refractivity contribution < 1.29 is 14.1 Å². The van der Waals surface area contributed by atoms with Crippen LogP contribution >= 0.6 is 0 Å². The van der Waals surface area contributed by atoms with Crippen LogP contribution in [-0.2, 0) is 0 Å². The average Bonchev–Trinajstić information content (AvgIpc) is 2.33. The molecule has 0 amide bonds. The Kier molecular flexibility index (Phi) is 5.51. The lowest BCUT2D eigenvalue weighted by atomic mass is 10.2. The Labute approximate surface area is 105 Å². The van der Waals surface area contributed by atoms with E-state index < -0.39 is 16.4 Å². The van der Waals surface area contributed by atoms with Crippen LogP contribution < -0.4 is 10.1 Å². The highest BCUT2D eigenvalue weighted by Gasteiger charge is 2.14. The van der Waals surface area contributed by atoms with Crippen LogP contribution in [0.15, 0.2) is 18.2 Å². The van der Waals surface area contributed by atoms with Gasteiger partial charge in [0.1, 0.15) is 5.75 Å². The number of hydrogen-bond acceptors (Lipinski definition) is 4. The summed E-state index contributed by atoms with van der Waals surface area (Å²) in [5.41, 5.74) is -0.539. The Hall–Kier alpha value is -1.69. The normalized spacial score (nSPS) is 12.2. The molecule has 1 aromatic rings. The van der Waals surface area contributed by atoms with Crippen LogP contribution in [0.4, 0.5) is 10.1 Å². The van der Waals surface area contributed by atoms with Crippen LogP contribution in [-0.4, -0.2) is 24.6 Å². The Balaban J connectivity index is 2.53. The average molecular weight is 256 g/mol. The fraction of sp³-hybridized carbons (Fsp3) is 0.500. The zero-order valence-electron chi connectivity index (χ0n) is 10.5. The van der Waals surface area contributed by atoms with E-state index in [-0.39, 0.29) is 5.92 Å². The first-order valence-corrected chi connectivity index (χ1v) is 5.82. The fourth-order valence-corrected chi connectivity index (χ4v) is 1.41. The highest BCUT2D eigenvalue weighted by molar-refractivity contribution is 5.37. The number of benzene rings is 1. The van der Waals surface area contributed by atoms with E-state index in [0.29, 0.717) is 12.4 Å². The Morgan fingerprint density at radius 1 is 1.56 bits per heavy atom. The fourth-order valence-electron chi connectivity index (χ4n) is 1.41. The summed E-state index contributed by atoms with van der Waals surface area (Å²) in [5.74, 6) is -0.290. The molecule has 0 aromatic heterocycles. The minimum atomic E-state index is -0.878. The summed E-state index contributed by atoms with van der Waals surface area (Å²) in [5, 5.41) is 13.6. The monoisotopic (exact) mass is 256 g/mol. The summed E-state index contributed by atoms with van der Waals surface area (Å²) in [6, 6.07) is 3.55. The number of halogens is 1. The Morgan fingerprint density at radius 3 is 2.83 bits per heavy atom. The predicted octanol–water partition coefficient (Wildman–Crippen LogP) is 2.36. The Bertz CT molecular complexity index is 412. The van der Waals surface area contributed by atoms with Crippen molar-refractivity contribution in [2.45, 2.75) is 13.8 Å². The zero-order chi connectivity index (χ0) is 13.5. The number of rotatable bonds is 7. The summed E-state index contributed by atoms with van der Waals surface area (Å²) in [6.45, 7) is 6.15. The summed E-state index contributed by atoms with van der Waals surface area (Å²) in [4.78, 5) is 9.68. The molecule has 0 fully saturated rings. The zero-order valence-corrected chi connectivity index (χ0v) is 10.5. The predicted molar refractivity (Wildman–Crippen MR) is 66.3 cm³/mol. The molecule has 5 nitrogen and oxygen atoms in total. The maximum absolute atomic E-state index is 13.3. The SMILES string of the molecule is CCNCC(C)COc1ccc([N+](=O)[O-])c(F)c1. The van der Waals surface area contributed by atoms with Gasteiger partial charge < -0.3 is 10.1 Å². The molecule has 18 heavy (non-hydrogen) atoms. The molecular formula is C12H17FN2O3. The van der Waals surface area contributed by atoms with E-state index in [1.807, 2.05) is 13.8 Å². The van der Waals surface area contributed by atoms with E-state index >= 15 is 0 Å². The van der Waals surface area contributed by atoms with E-state index in [2.05, 4.69) is 5.32 Å². The molecule has 0 aliphatic rings. The quantitative estimate of drug-likeness (QED) is 0.601. The summed E-state index contributed by atoms with van der Waals surface area (Å²) < 4.78 is 18.7. The highest BCUT2D eigenvalue weighted by Crippen LogP contribution is 2.22. The van der Waals surface area contributed by atoms with E-state index in [0.717, 1.165) is 25.2 Å². The molecule has 1 aromatic carbocycles. The van der Waals surface area contributed by atoms with Crippen LogP contribution in [0.3, 0.4) is 0 Å². The standard InChI is InChI=1S/C12H17FN2O3/c1-3-14-7-9(2)8-18-10-4-5-12(15(16)17)11(13)6-10/h4-6,9,14H,3,7-8H2,1-2H3. The first-order chi connectivity index (χ1) is 8.54. The molecule has 0 aliphatic heterocycles. The molecule has 1 rings (SSSR count). The number of nitrogens with one attached hydrogen (secondary N) is 1. The first-order valence-electron chi connectivity index (χ1n) is 5.82. The third kappa shape index (κ3) is 4.29. The minimum Gasteiger partial charge on any atom is -0.493 e. The second-order valence-corrected chi connectivity index (χ2v) is 4.09. The number of hydrogen-bond donors (Lipinski definition) is 1. The Morgan fingerprint density at radius 2 is 2.28 bits per heavy atom. The first kappa shape index (κ1) is 14.4. The largest absolute Gasteiger partial charge is 0.493 e. The summed E-state index contributed by atoms with van der Waals surface area (Å²) in [6.07, 6.45) is 0. The molecular weight excluding hydrogens is 239 g/mol. The van der Waals surface area contributed by atoms with Gasteiger partial charge >= 0.3 is 5.69 Å². The second-order valence-electron chi connectivity index (χ2n) is 4.09. The molecule has 0 saturated carbocycles. The number of nitro groups is 1. The maximum atomic E-state index is 13.3. The summed E-state index contributed by atoms with van der Waals surface area (Å²) >= 11 is 0. The van der Waals surface area contributed by atoms with Gasteiger partial charge in [-0.25, -0.2) is 0 Å². The van der Waals surface area contributed by atoms with Crippen LogP contribution in [0.1, 0.15) is 13.8 Å². The lowest BCUT2D eigenvalue weighted by Gasteiger charge is -2.13. The smallest absolute Gasteiger partial charge is 0.305 e.